The molecule has 0 atom stereocenters. The monoisotopic (exact) mass is 842 g/mol. The van der Waals surface area contributed by atoms with Crippen LogP contribution >= 0.6 is 0 Å². The highest BCUT2D eigenvalue weighted by Gasteiger charge is 2.14. The van der Waals surface area contributed by atoms with Crippen molar-refractivity contribution in [3.8, 4) is 0 Å². The second-order valence-corrected chi connectivity index (χ2v) is 15.8. The Kier molecular flexibility index (Phi) is 42.4. The second kappa shape index (κ2) is 45.0. The molecule has 10 nitrogen and oxygen atoms in total. The molecule has 0 aliphatic heterocycles. The van der Waals surface area contributed by atoms with Crippen LogP contribution < -0.4 is 5.32 Å². The summed E-state index contributed by atoms with van der Waals surface area (Å²) in [5.74, 6) is -1.42. The second-order valence-electron chi connectivity index (χ2n) is 15.8. The van der Waals surface area contributed by atoms with Crippen molar-refractivity contribution in [3.05, 3.63) is 60.8 Å². The van der Waals surface area contributed by atoms with Gasteiger partial charge in [-0.3, -0.25) is 19.2 Å². The zero-order chi connectivity index (χ0) is 44.0. The van der Waals surface area contributed by atoms with E-state index >= 15 is 0 Å². The van der Waals surface area contributed by atoms with Crippen molar-refractivity contribution in [1.29, 1.82) is 0 Å². The molecule has 60 heavy (non-hydrogen) atoms. The van der Waals surface area contributed by atoms with Gasteiger partial charge in [0.1, 0.15) is 13.2 Å². The van der Waals surface area contributed by atoms with Crippen LogP contribution in [0.3, 0.4) is 0 Å². The molecule has 0 saturated carbocycles. The Morgan fingerprint density at radius 2 is 0.917 bits per heavy atom. The van der Waals surface area contributed by atoms with Crippen LogP contribution in [0.1, 0.15) is 168 Å². The molecular formula is C50H87N3O7. The number of ether oxygens (including phenoxy) is 3. The first-order valence-electron chi connectivity index (χ1n) is 23.7. The first-order valence-corrected chi connectivity index (χ1v) is 23.7. The van der Waals surface area contributed by atoms with Gasteiger partial charge in [0.2, 0.25) is 11.8 Å². The third-order valence-corrected chi connectivity index (χ3v) is 9.83. The van der Waals surface area contributed by atoms with E-state index < -0.39 is 11.8 Å². The maximum absolute atomic E-state index is 13.1. The SMILES string of the molecule is CCCCC/C=C\C/C=C\CCCCCCCC(=O)OCCN(CCOC(=O)CCCCCCC/C=C\C/C=C\CCCCC)C(=O)C=CC(=O)NCCOCCN(C)C. The summed E-state index contributed by atoms with van der Waals surface area (Å²) in [5, 5.41) is 2.71. The molecule has 0 heterocycles. The van der Waals surface area contributed by atoms with Gasteiger partial charge >= 0.3 is 11.9 Å². The fourth-order valence-electron chi connectivity index (χ4n) is 6.08. The van der Waals surface area contributed by atoms with Crippen LogP contribution in [0.15, 0.2) is 60.8 Å². The minimum Gasteiger partial charge on any atom is -0.464 e. The zero-order valence-corrected chi connectivity index (χ0v) is 38.7. The Bertz CT molecular complexity index is 1130. The number of rotatable bonds is 42. The van der Waals surface area contributed by atoms with Gasteiger partial charge in [0.15, 0.2) is 0 Å². The smallest absolute Gasteiger partial charge is 0.305 e. The van der Waals surface area contributed by atoms with Crippen molar-refractivity contribution in [2.45, 2.75) is 168 Å². The van der Waals surface area contributed by atoms with Gasteiger partial charge in [-0.2, -0.15) is 0 Å². The summed E-state index contributed by atoms with van der Waals surface area (Å²) in [5.41, 5.74) is 0. The molecule has 0 aromatic rings. The maximum Gasteiger partial charge on any atom is 0.305 e. The molecule has 0 unspecified atom stereocenters. The first kappa shape index (κ1) is 56.5. The fourth-order valence-corrected chi connectivity index (χ4v) is 6.08. The Hall–Kier alpha value is -3.50. The van der Waals surface area contributed by atoms with Crippen LogP contribution in [0.2, 0.25) is 0 Å². The van der Waals surface area contributed by atoms with Crippen LogP contribution in [0.4, 0.5) is 0 Å². The minimum atomic E-state index is -0.429. The van der Waals surface area contributed by atoms with E-state index in [9.17, 15) is 19.2 Å². The maximum atomic E-state index is 13.1. The van der Waals surface area contributed by atoms with Crippen LogP contribution in [0.5, 0.6) is 0 Å². The van der Waals surface area contributed by atoms with Crippen molar-refractivity contribution in [1.82, 2.24) is 15.1 Å². The number of esters is 2. The average Bonchev–Trinajstić information content (AvgIpc) is 3.23. The number of allylic oxidation sites excluding steroid dienone is 8. The van der Waals surface area contributed by atoms with Crippen molar-refractivity contribution in [2.75, 3.05) is 66.7 Å². The lowest BCUT2D eigenvalue weighted by Crippen LogP contribution is -2.36. The largest absolute Gasteiger partial charge is 0.464 e. The molecule has 0 aliphatic carbocycles. The normalized spacial score (nSPS) is 11.9. The summed E-state index contributed by atoms with van der Waals surface area (Å²) in [6, 6.07) is 0. The number of amides is 2. The molecule has 0 aromatic heterocycles. The predicted octanol–water partition coefficient (Wildman–Crippen LogP) is 10.8. The summed E-state index contributed by atoms with van der Waals surface area (Å²) in [6.07, 6.45) is 45.6. The molecule has 1 N–H and O–H groups in total. The van der Waals surface area contributed by atoms with E-state index in [2.05, 4.69) is 67.8 Å². The minimum absolute atomic E-state index is 0.0229. The number of nitrogens with one attached hydrogen (secondary N) is 1. The Morgan fingerprint density at radius 1 is 0.483 bits per heavy atom. The molecule has 344 valence electrons. The zero-order valence-electron chi connectivity index (χ0n) is 38.7. The van der Waals surface area contributed by atoms with Crippen LogP contribution in [0.25, 0.3) is 0 Å². The lowest BCUT2D eigenvalue weighted by Gasteiger charge is -2.21. The average molecular weight is 842 g/mol. The van der Waals surface area contributed by atoms with Gasteiger partial charge in [0.05, 0.1) is 26.3 Å². The highest BCUT2D eigenvalue weighted by Crippen LogP contribution is 2.11. The molecule has 0 saturated heterocycles. The van der Waals surface area contributed by atoms with Gasteiger partial charge in [-0.15, -0.1) is 0 Å². The molecule has 0 aliphatic rings. The van der Waals surface area contributed by atoms with E-state index in [0.29, 0.717) is 32.6 Å². The molecule has 0 fully saturated rings. The topological polar surface area (TPSA) is 114 Å². The van der Waals surface area contributed by atoms with E-state index in [1.165, 1.54) is 68.4 Å². The number of likely N-dealkylation sites (N-methyl/N-ethyl adjacent to an activating group) is 1. The molecule has 0 radical (unpaired) electrons. The van der Waals surface area contributed by atoms with E-state index in [1.807, 2.05) is 19.0 Å². The van der Waals surface area contributed by atoms with E-state index in [0.717, 1.165) is 96.4 Å². The van der Waals surface area contributed by atoms with E-state index in [-0.39, 0.29) is 38.2 Å². The molecule has 0 rings (SSSR count). The quantitative estimate of drug-likeness (QED) is 0.0280. The third-order valence-electron chi connectivity index (χ3n) is 9.83. The Morgan fingerprint density at radius 3 is 1.37 bits per heavy atom. The number of unbranched alkanes of at least 4 members (excludes halogenated alkanes) is 16. The van der Waals surface area contributed by atoms with Gasteiger partial charge in [-0.1, -0.05) is 127 Å². The summed E-state index contributed by atoms with van der Waals surface area (Å²) >= 11 is 0. The van der Waals surface area contributed by atoms with Gasteiger partial charge in [-0.05, 0) is 91.1 Å². The molecule has 0 bridgehead atoms. The summed E-state index contributed by atoms with van der Waals surface area (Å²) in [6.45, 7) is 6.80. The van der Waals surface area contributed by atoms with Gasteiger partial charge < -0.3 is 29.3 Å². The highest BCUT2D eigenvalue weighted by atomic mass is 16.5. The molecular weight excluding hydrogens is 755 g/mol. The van der Waals surface area contributed by atoms with Crippen molar-refractivity contribution < 1.29 is 33.4 Å². The summed E-state index contributed by atoms with van der Waals surface area (Å²) in [7, 11) is 3.92. The fraction of sp³-hybridized carbons (Fsp3) is 0.720. The highest BCUT2D eigenvalue weighted by molar-refractivity contribution is 5.96. The summed E-state index contributed by atoms with van der Waals surface area (Å²) < 4.78 is 16.4. The first-order chi connectivity index (χ1) is 29.3. The summed E-state index contributed by atoms with van der Waals surface area (Å²) in [4.78, 5) is 53.7. The Labute approximate surface area is 366 Å². The van der Waals surface area contributed by atoms with Crippen molar-refractivity contribution in [3.63, 3.8) is 0 Å². The van der Waals surface area contributed by atoms with Crippen LogP contribution in [-0.4, -0.2) is 100 Å². The lowest BCUT2D eigenvalue weighted by atomic mass is 10.1. The molecule has 0 aromatic carbocycles. The van der Waals surface area contributed by atoms with E-state index in [4.69, 9.17) is 14.2 Å². The number of nitrogens with zero attached hydrogens (tertiary/aromatic N) is 2. The Balaban J connectivity index is 4.49. The third kappa shape index (κ3) is 42.6. The number of carbonyl (C=O) groups excluding carboxylic acids is 4. The number of hydrogen-bond acceptors (Lipinski definition) is 8. The van der Waals surface area contributed by atoms with Crippen LogP contribution in [0, 0.1) is 0 Å². The van der Waals surface area contributed by atoms with Gasteiger partial charge in [-0.25, -0.2) is 0 Å². The molecule has 0 spiro atoms. The van der Waals surface area contributed by atoms with Crippen LogP contribution in [-0.2, 0) is 33.4 Å². The van der Waals surface area contributed by atoms with Gasteiger partial charge in [0.25, 0.3) is 0 Å². The lowest BCUT2D eigenvalue weighted by molar-refractivity contribution is -0.146. The number of carbonyl (C=O) groups is 4. The van der Waals surface area contributed by atoms with E-state index in [1.54, 1.807) is 0 Å². The van der Waals surface area contributed by atoms with Crippen molar-refractivity contribution in [2.24, 2.45) is 0 Å². The molecule has 2 amide bonds. The standard InChI is InChI=1S/C50H87N3O7/c1-5-7-9-11-13-15-17-19-21-23-25-27-29-31-33-35-49(56)59-45-41-53(48(55)38-37-47(54)51-39-43-58-44-40-52(3)4)42-46-60-50(57)36-34-32-30-28-26-24-22-20-18-16-14-12-10-8-6-2/h13-16,19-22,37-38H,5-12,17-18,23-36,39-46H2,1-4H3,(H,51,54)/b15-13-,16-14-,21-19-,22-20-,38-37?. The molecule has 10 heteroatoms. The van der Waals surface area contributed by atoms with Gasteiger partial charge in [0, 0.05) is 38.1 Å². The van der Waals surface area contributed by atoms with Crippen molar-refractivity contribution >= 4 is 23.8 Å². The number of hydrogen-bond donors (Lipinski definition) is 1. The predicted molar refractivity (Wildman–Crippen MR) is 249 cm³/mol.